The number of pyridine rings is 2. The summed E-state index contributed by atoms with van der Waals surface area (Å²) in [5.74, 6) is -3.39. The van der Waals surface area contributed by atoms with Gasteiger partial charge in [-0.2, -0.15) is 5.10 Å². The average molecular weight is 397 g/mol. The summed E-state index contributed by atoms with van der Waals surface area (Å²) in [5, 5.41) is 6.28. The number of fused-ring (bicyclic) bond motifs is 2. The lowest BCUT2D eigenvalue weighted by Crippen LogP contribution is -2.40. The first-order chi connectivity index (χ1) is 13.9. The van der Waals surface area contributed by atoms with E-state index in [0.717, 1.165) is 47.4 Å². The first-order valence-corrected chi connectivity index (χ1v) is 9.77. The number of alkyl halides is 2. The summed E-state index contributed by atoms with van der Waals surface area (Å²) < 4.78 is 28.1. The van der Waals surface area contributed by atoms with E-state index in [1.54, 1.807) is 12.4 Å². The minimum Gasteiger partial charge on any atom is -0.299 e. The molecule has 0 saturated heterocycles. The van der Waals surface area contributed by atoms with Gasteiger partial charge in [-0.05, 0) is 24.6 Å². The summed E-state index contributed by atoms with van der Waals surface area (Å²) in [4.78, 5) is 23.4. The summed E-state index contributed by atoms with van der Waals surface area (Å²) in [6.45, 7) is 2.64. The van der Waals surface area contributed by atoms with Gasteiger partial charge in [-0.15, -0.1) is 0 Å². The molecule has 0 spiro atoms. The predicted molar refractivity (Wildman–Crippen MR) is 103 cm³/mol. The van der Waals surface area contributed by atoms with Gasteiger partial charge >= 0.3 is 0 Å². The standard InChI is InChI=1S/C21H21F2N5O/c1-27-2-3-28-19(12-27)17(11-26-28)18-5-13-4-16(24-9-15(13)10-25-18)6-20(29)14-7-21(22,23)8-14/h4-5,9-11,14H,2-3,6-8,12H2,1H3. The van der Waals surface area contributed by atoms with E-state index in [-0.39, 0.29) is 25.0 Å². The van der Waals surface area contributed by atoms with Crippen molar-refractivity contribution in [1.82, 2.24) is 24.6 Å². The number of hydrogen-bond acceptors (Lipinski definition) is 5. The molecule has 0 aromatic carbocycles. The molecule has 0 amide bonds. The number of aromatic nitrogens is 4. The molecule has 4 heterocycles. The molecule has 0 N–H and O–H groups in total. The minimum absolute atomic E-state index is 0.0856. The largest absolute Gasteiger partial charge is 0.299 e. The van der Waals surface area contributed by atoms with Crippen LogP contribution in [0.25, 0.3) is 22.0 Å². The highest BCUT2D eigenvalue weighted by atomic mass is 19.3. The fourth-order valence-corrected chi connectivity index (χ4v) is 4.12. The summed E-state index contributed by atoms with van der Waals surface area (Å²) in [6.07, 6.45) is 4.72. The van der Waals surface area contributed by atoms with E-state index in [4.69, 9.17) is 0 Å². The molecule has 1 aliphatic carbocycles. The van der Waals surface area contributed by atoms with Crippen molar-refractivity contribution in [2.75, 3.05) is 13.6 Å². The normalized spacial score (nSPS) is 19.1. The van der Waals surface area contributed by atoms with Crippen molar-refractivity contribution in [1.29, 1.82) is 0 Å². The van der Waals surface area contributed by atoms with Gasteiger partial charge in [-0.1, -0.05) is 0 Å². The highest BCUT2D eigenvalue weighted by Crippen LogP contribution is 2.43. The average Bonchev–Trinajstić information content (AvgIpc) is 3.08. The number of Topliss-reactive ketones (excluding diaryl/α,β-unsaturated/α-hetero) is 1. The number of halogens is 2. The molecular formula is C21H21F2N5O. The van der Waals surface area contributed by atoms with E-state index >= 15 is 0 Å². The smallest absolute Gasteiger partial charge is 0.249 e. The molecule has 150 valence electrons. The number of nitrogens with zero attached hydrogens (tertiary/aromatic N) is 5. The molecule has 1 aliphatic heterocycles. The van der Waals surface area contributed by atoms with E-state index in [9.17, 15) is 13.6 Å². The topological polar surface area (TPSA) is 63.9 Å². The maximum Gasteiger partial charge on any atom is 0.249 e. The van der Waals surface area contributed by atoms with Crippen molar-refractivity contribution in [2.45, 2.75) is 38.3 Å². The van der Waals surface area contributed by atoms with Crippen molar-refractivity contribution in [3.63, 3.8) is 0 Å². The molecule has 2 aliphatic rings. The van der Waals surface area contributed by atoms with E-state index in [1.165, 1.54) is 0 Å². The van der Waals surface area contributed by atoms with E-state index in [1.807, 2.05) is 23.0 Å². The van der Waals surface area contributed by atoms with Crippen molar-refractivity contribution in [3.05, 3.63) is 42.1 Å². The third-order valence-electron chi connectivity index (χ3n) is 5.90. The van der Waals surface area contributed by atoms with Crippen LogP contribution in [0.1, 0.15) is 24.2 Å². The van der Waals surface area contributed by atoms with Gasteiger partial charge in [0.1, 0.15) is 5.78 Å². The molecule has 0 radical (unpaired) electrons. The second kappa shape index (κ2) is 6.66. The van der Waals surface area contributed by atoms with Crippen LogP contribution in [0, 0.1) is 5.92 Å². The van der Waals surface area contributed by atoms with Crippen LogP contribution in [0.2, 0.25) is 0 Å². The van der Waals surface area contributed by atoms with E-state index in [0.29, 0.717) is 5.69 Å². The quantitative estimate of drug-likeness (QED) is 0.677. The van der Waals surface area contributed by atoms with Gasteiger partial charge < -0.3 is 0 Å². The van der Waals surface area contributed by atoms with Crippen molar-refractivity contribution >= 4 is 16.6 Å². The Bertz CT molecular complexity index is 1100. The number of likely N-dealkylation sites (N-methyl/N-ethyl adjacent to an activating group) is 1. The zero-order valence-corrected chi connectivity index (χ0v) is 16.1. The summed E-state index contributed by atoms with van der Waals surface area (Å²) >= 11 is 0. The van der Waals surface area contributed by atoms with Gasteiger partial charge in [0.25, 0.3) is 0 Å². The fourth-order valence-electron chi connectivity index (χ4n) is 4.12. The van der Waals surface area contributed by atoms with Crippen LogP contribution in [0.5, 0.6) is 0 Å². The van der Waals surface area contributed by atoms with Gasteiger partial charge in [0.15, 0.2) is 0 Å². The second-order valence-electron chi connectivity index (χ2n) is 8.16. The highest BCUT2D eigenvalue weighted by molar-refractivity contribution is 5.88. The summed E-state index contributed by atoms with van der Waals surface area (Å²) in [5.41, 5.74) is 3.58. The molecule has 3 aromatic heterocycles. The lowest BCUT2D eigenvalue weighted by atomic mass is 9.77. The van der Waals surface area contributed by atoms with Crippen LogP contribution in [-0.4, -0.2) is 49.9 Å². The SMILES string of the molecule is CN1CCn2ncc(-c3cc4cc(CC(=O)C5CC(F)(F)C5)ncc4cn3)c2C1. The fraction of sp³-hybridized carbons (Fsp3) is 0.429. The number of carbonyl (C=O) groups is 1. The monoisotopic (exact) mass is 397 g/mol. The van der Waals surface area contributed by atoms with Crippen LogP contribution in [0.15, 0.2) is 30.7 Å². The Morgan fingerprint density at radius 1 is 1.14 bits per heavy atom. The van der Waals surface area contributed by atoms with Crippen LogP contribution < -0.4 is 0 Å². The Morgan fingerprint density at radius 2 is 1.93 bits per heavy atom. The molecule has 1 saturated carbocycles. The van der Waals surface area contributed by atoms with Crippen LogP contribution in [-0.2, 0) is 24.3 Å². The van der Waals surface area contributed by atoms with Gasteiger partial charge in [0, 0.05) is 67.3 Å². The summed E-state index contributed by atoms with van der Waals surface area (Å²) in [6, 6.07) is 3.84. The number of rotatable bonds is 4. The molecule has 29 heavy (non-hydrogen) atoms. The Labute approximate surface area is 166 Å². The zero-order valence-electron chi connectivity index (χ0n) is 16.1. The third kappa shape index (κ3) is 3.42. The van der Waals surface area contributed by atoms with Gasteiger partial charge in [-0.25, -0.2) is 8.78 Å². The van der Waals surface area contributed by atoms with E-state index in [2.05, 4.69) is 27.0 Å². The number of hydrogen-bond donors (Lipinski definition) is 0. The molecule has 8 heteroatoms. The molecule has 0 unspecified atom stereocenters. The van der Waals surface area contributed by atoms with Crippen molar-refractivity contribution in [3.8, 4) is 11.3 Å². The first kappa shape index (κ1) is 18.3. The van der Waals surface area contributed by atoms with Gasteiger partial charge in [-0.3, -0.25) is 24.3 Å². The van der Waals surface area contributed by atoms with Crippen LogP contribution in [0.3, 0.4) is 0 Å². The van der Waals surface area contributed by atoms with Gasteiger partial charge in [0.2, 0.25) is 5.92 Å². The maximum atomic E-state index is 13.0. The first-order valence-electron chi connectivity index (χ1n) is 9.77. The van der Waals surface area contributed by atoms with Crippen LogP contribution >= 0.6 is 0 Å². The van der Waals surface area contributed by atoms with Gasteiger partial charge in [0.05, 0.1) is 24.1 Å². The molecule has 1 fully saturated rings. The van der Waals surface area contributed by atoms with E-state index < -0.39 is 11.8 Å². The second-order valence-corrected chi connectivity index (χ2v) is 8.16. The molecule has 0 bridgehead atoms. The van der Waals surface area contributed by atoms with Crippen molar-refractivity contribution < 1.29 is 13.6 Å². The van der Waals surface area contributed by atoms with Crippen molar-refractivity contribution in [2.24, 2.45) is 5.92 Å². The lowest BCUT2D eigenvalue weighted by Gasteiger charge is -2.33. The highest BCUT2D eigenvalue weighted by Gasteiger charge is 2.48. The summed E-state index contributed by atoms with van der Waals surface area (Å²) in [7, 11) is 2.08. The lowest BCUT2D eigenvalue weighted by molar-refractivity contribution is -0.147. The third-order valence-corrected chi connectivity index (χ3v) is 5.90. The molecule has 3 aromatic rings. The molecule has 0 atom stereocenters. The Kier molecular flexibility index (Phi) is 4.20. The number of carbonyl (C=O) groups excluding carboxylic acids is 1. The molecular weight excluding hydrogens is 376 g/mol. The predicted octanol–water partition coefficient (Wildman–Crippen LogP) is 3.10. The molecule has 6 nitrogen and oxygen atoms in total. The molecule has 5 rings (SSSR count). The Balaban J connectivity index is 1.42. The maximum absolute atomic E-state index is 13.0. The number of ketones is 1. The minimum atomic E-state index is -2.68. The van der Waals surface area contributed by atoms with Crippen LogP contribution in [0.4, 0.5) is 8.78 Å². The Morgan fingerprint density at radius 3 is 2.72 bits per heavy atom. The zero-order chi connectivity index (χ0) is 20.2. The Hall–Kier alpha value is -2.74.